The number of rotatable bonds is 7. The summed E-state index contributed by atoms with van der Waals surface area (Å²) in [5, 5.41) is 2.21. The number of nitrogens with zero attached hydrogens (tertiary/aromatic N) is 2. The van der Waals surface area contributed by atoms with Crippen molar-refractivity contribution in [3.8, 4) is 11.5 Å². The maximum Gasteiger partial charge on any atom is 0.261 e. The standard InChI is InChI=1S/C23H25ClN2O5/c1-4-5-12-25-22(27)19-20(17-11-10-16(29-2)13-18(17)30-3)26(31-21(19)23(25)28)15-8-6-14(24)7-9-15/h6-11,13,19-21H,4-5,12H2,1-3H3. The van der Waals surface area contributed by atoms with E-state index in [0.717, 1.165) is 18.4 Å². The zero-order valence-corrected chi connectivity index (χ0v) is 18.5. The van der Waals surface area contributed by atoms with E-state index in [1.54, 1.807) is 55.7 Å². The first kappa shape index (κ1) is 21.5. The van der Waals surface area contributed by atoms with Crippen LogP contribution in [0.25, 0.3) is 0 Å². The first-order chi connectivity index (χ1) is 15.0. The van der Waals surface area contributed by atoms with Gasteiger partial charge < -0.3 is 9.47 Å². The molecule has 2 fully saturated rings. The average Bonchev–Trinajstić information content (AvgIpc) is 3.28. The minimum atomic E-state index is -0.878. The molecule has 8 heteroatoms. The van der Waals surface area contributed by atoms with Gasteiger partial charge >= 0.3 is 0 Å². The number of ether oxygens (including phenoxy) is 2. The molecule has 2 aliphatic heterocycles. The molecular weight excluding hydrogens is 420 g/mol. The Morgan fingerprint density at radius 1 is 1.03 bits per heavy atom. The molecule has 2 heterocycles. The number of imide groups is 1. The van der Waals surface area contributed by atoms with Gasteiger partial charge in [0.05, 0.1) is 25.9 Å². The molecule has 2 aliphatic rings. The molecule has 164 valence electrons. The summed E-state index contributed by atoms with van der Waals surface area (Å²) in [4.78, 5) is 33.9. The van der Waals surface area contributed by atoms with Gasteiger partial charge in [0.25, 0.3) is 5.91 Å². The van der Waals surface area contributed by atoms with Gasteiger partial charge in [-0.3, -0.25) is 19.3 Å². The number of anilines is 1. The lowest BCUT2D eigenvalue weighted by Gasteiger charge is -2.29. The van der Waals surface area contributed by atoms with E-state index in [-0.39, 0.29) is 11.8 Å². The summed E-state index contributed by atoms with van der Waals surface area (Å²) in [7, 11) is 3.14. The van der Waals surface area contributed by atoms with Gasteiger partial charge in [-0.1, -0.05) is 24.9 Å². The van der Waals surface area contributed by atoms with E-state index in [0.29, 0.717) is 28.8 Å². The van der Waals surface area contributed by atoms with E-state index in [1.165, 1.54) is 4.90 Å². The Hall–Kier alpha value is -2.77. The number of hydrogen-bond donors (Lipinski definition) is 0. The minimum Gasteiger partial charge on any atom is -0.497 e. The van der Waals surface area contributed by atoms with Gasteiger partial charge in [-0.05, 0) is 42.8 Å². The highest BCUT2D eigenvalue weighted by Crippen LogP contribution is 2.49. The largest absolute Gasteiger partial charge is 0.497 e. The van der Waals surface area contributed by atoms with E-state index < -0.39 is 18.1 Å². The second-order valence-corrected chi connectivity index (χ2v) is 8.02. The number of unbranched alkanes of at least 4 members (excludes halogenated alkanes) is 1. The van der Waals surface area contributed by atoms with Crippen LogP contribution in [0.2, 0.25) is 5.02 Å². The van der Waals surface area contributed by atoms with Crippen molar-refractivity contribution >= 4 is 29.1 Å². The predicted octanol–water partition coefficient (Wildman–Crippen LogP) is 4.00. The SMILES string of the molecule is CCCCN1C(=O)C2ON(c3ccc(Cl)cc3)C(c3ccc(OC)cc3OC)C2C1=O. The average molecular weight is 445 g/mol. The fraction of sp³-hybridized carbons (Fsp3) is 0.391. The second-order valence-electron chi connectivity index (χ2n) is 7.59. The van der Waals surface area contributed by atoms with Gasteiger partial charge in [-0.15, -0.1) is 0 Å². The zero-order chi connectivity index (χ0) is 22.1. The van der Waals surface area contributed by atoms with Gasteiger partial charge in [-0.25, -0.2) is 5.06 Å². The Morgan fingerprint density at radius 2 is 1.77 bits per heavy atom. The number of hydrogen-bond acceptors (Lipinski definition) is 6. The van der Waals surface area contributed by atoms with E-state index in [4.69, 9.17) is 25.9 Å². The molecule has 2 saturated heterocycles. The molecule has 0 radical (unpaired) electrons. The van der Waals surface area contributed by atoms with Crippen molar-refractivity contribution in [2.24, 2.45) is 5.92 Å². The van der Waals surface area contributed by atoms with Gasteiger partial charge in [0.15, 0.2) is 6.10 Å². The molecule has 31 heavy (non-hydrogen) atoms. The number of benzene rings is 2. The van der Waals surface area contributed by atoms with E-state index >= 15 is 0 Å². The van der Waals surface area contributed by atoms with Crippen LogP contribution < -0.4 is 14.5 Å². The highest BCUT2D eigenvalue weighted by atomic mass is 35.5. The maximum absolute atomic E-state index is 13.4. The molecule has 2 amide bonds. The highest BCUT2D eigenvalue weighted by molar-refractivity contribution is 6.30. The topological polar surface area (TPSA) is 68.3 Å². The highest BCUT2D eigenvalue weighted by Gasteiger charge is 2.60. The molecule has 0 N–H and O–H groups in total. The Morgan fingerprint density at radius 3 is 2.42 bits per heavy atom. The molecule has 0 spiro atoms. The molecule has 2 aromatic carbocycles. The molecule has 4 rings (SSSR count). The first-order valence-electron chi connectivity index (χ1n) is 10.3. The van der Waals surface area contributed by atoms with Crippen molar-refractivity contribution in [2.75, 3.05) is 25.8 Å². The van der Waals surface area contributed by atoms with Crippen LogP contribution in [0.1, 0.15) is 31.4 Å². The number of carbonyl (C=O) groups excluding carboxylic acids is 2. The normalized spacial score (nSPS) is 22.8. The summed E-state index contributed by atoms with van der Waals surface area (Å²) in [6.45, 7) is 2.42. The minimum absolute atomic E-state index is 0.220. The number of hydroxylamine groups is 1. The second kappa shape index (κ2) is 8.77. The molecule has 3 atom stereocenters. The van der Waals surface area contributed by atoms with E-state index in [2.05, 4.69) is 0 Å². The van der Waals surface area contributed by atoms with Gasteiger partial charge in [0.2, 0.25) is 5.91 Å². The first-order valence-corrected chi connectivity index (χ1v) is 10.7. The summed E-state index contributed by atoms with van der Waals surface area (Å²) in [6, 6.07) is 12.0. The third-order valence-corrected chi connectivity index (χ3v) is 6.03. The van der Waals surface area contributed by atoms with Crippen molar-refractivity contribution in [2.45, 2.75) is 31.9 Å². The number of fused-ring (bicyclic) bond motifs is 1. The van der Waals surface area contributed by atoms with Crippen molar-refractivity contribution in [3.05, 3.63) is 53.1 Å². The van der Waals surface area contributed by atoms with Crippen LogP contribution >= 0.6 is 11.6 Å². The number of halogens is 1. The van der Waals surface area contributed by atoms with Crippen LogP contribution in [0, 0.1) is 5.92 Å². The molecule has 2 aromatic rings. The van der Waals surface area contributed by atoms with Crippen molar-refractivity contribution in [3.63, 3.8) is 0 Å². The fourth-order valence-corrected chi connectivity index (χ4v) is 4.32. The van der Waals surface area contributed by atoms with Crippen LogP contribution in [0.15, 0.2) is 42.5 Å². The number of carbonyl (C=O) groups is 2. The summed E-state index contributed by atoms with van der Waals surface area (Å²) in [5.41, 5.74) is 1.44. The Labute approximate surface area is 186 Å². The third kappa shape index (κ3) is 3.72. The third-order valence-electron chi connectivity index (χ3n) is 5.78. The summed E-state index contributed by atoms with van der Waals surface area (Å²) < 4.78 is 10.9. The molecule has 0 bridgehead atoms. The van der Waals surface area contributed by atoms with E-state index in [1.807, 2.05) is 13.0 Å². The van der Waals surface area contributed by atoms with Crippen LogP contribution in [-0.2, 0) is 14.4 Å². The monoisotopic (exact) mass is 444 g/mol. The van der Waals surface area contributed by atoms with Crippen molar-refractivity contribution < 1.29 is 23.9 Å². The molecule has 7 nitrogen and oxygen atoms in total. The van der Waals surface area contributed by atoms with Crippen LogP contribution in [0.3, 0.4) is 0 Å². The fourth-order valence-electron chi connectivity index (χ4n) is 4.20. The molecular formula is C23H25ClN2O5. The van der Waals surface area contributed by atoms with Crippen LogP contribution in [-0.4, -0.2) is 43.6 Å². The Balaban J connectivity index is 1.79. The smallest absolute Gasteiger partial charge is 0.261 e. The van der Waals surface area contributed by atoms with Crippen LogP contribution in [0.4, 0.5) is 5.69 Å². The van der Waals surface area contributed by atoms with Gasteiger partial charge in [0.1, 0.15) is 17.4 Å². The molecule has 0 aromatic heterocycles. The van der Waals surface area contributed by atoms with E-state index in [9.17, 15) is 9.59 Å². The summed E-state index contributed by atoms with van der Waals surface area (Å²) >= 11 is 6.05. The number of methoxy groups -OCH3 is 2. The maximum atomic E-state index is 13.4. The van der Waals surface area contributed by atoms with Gasteiger partial charge in [0, 0.05) is 23.2 Å². The Kier molecular flexibility index (Phi) is 6.07. The van der Waals surface area contributed by atoms with Crippen molar-refractivity contribution in [1.82, 2.24) is 4.90 Å². The number of amides is 2. The Bertz CT molecular complexity index is 980. The molecule has 0 saturated carbocycles. The lowest BCUT2D eigenvalue weighted by atomic mass is 9.90. The lowest BCUT2D eigenvalue weighted by Crippen LogP contribution is -2.37. The van der Waals surface area contributed by atoms with Gasteiger partial charge in [-0.2, -0.15) is 0 Å². The summed E-state index contributed by atoms with van der Waals surface area (Å²) in [6.07, 6.45) is 0.769. The van der Waals surface area contributed by atoms with Crippen LogP contribution in [0.5, 0.6) is 11.5 Å². The molecule has 0 aliphatic carbocycles. The quantitative estimate of drug-likeness (QED) is 0.601. The van der Waals surface area contributed by atoms with Crippen molar-refractivity contribution in [1.29, 1.82) is 0 Å². The number of likely N-dealkylation sites (tertiary alicyclic amines) is 1. The zero-order valence-electron chi connectivity index (χ0n) is 17.7. The predicted molar refractivity (Wildman–Crippen MR) is 116 cm³/mol. The molecule has 3 unspecified atom stereocenters. The lowest BCUT2D eigenvalue weighted by molar-refractivity contribution is -0.143. The summed E-state index contributed by atoms with van der Waals surface area (Å²) in [5.74, 6) is -0.00479.